The average molecular weight is 333 g/mol. The standard InChI is InChI=1S/C14H19N7O3/c22-12-2-1-4-18(12)6-10-7-21(17-16-10)11-8-19(9-11)14(24)20-5-3-15-13(20)23/h7,11H,1-6,8-9H2,(H,15,23). The van der Waals surface area contributed by atoms with E-state index in [1.807, 2.05) is 6.20 Å². The van der Waals surface area contributed by atoms with Crippen molar-refractivity contribution < 1.29 is 14.4 Å². The summed E-state index contributed by atoms with van der Waals surface area (Å²) >= 11 is 0. The first-order valence-electron chi connectivity index (χ1n) is 8.14. The molecular formula is C14H19N7O3. The van der Waals surface area contributed by atoms with Gasteiger partial charge in [-0.3, -0.25) is 4.79 Å². The minimum absolute atomic E-state index is 0.0649. The van der Waals surface area contributed by atoms with Crippen LogP contribution in [-0.4, -0.2) is 80.4 Å². The van der Waals surface area contributed by atoms with Crippen LogP contribution in [0.2, 0.25) is 0 Å². The smallest absolute Gasteiger partial charge is 0.328 e. The molecule has 3 saturated heterocycles. The van der Waals surface area contributed by atoms with Gasteiger partial charge in [0.2, 0.25) is 5.91 Å². The van der Waals surface area contributed by atoms with Gasteiger partial charge >= 0.3 is 12.1 Å². The lowest BCUT2D eigenvalue weighted by Gasteiger charge is -2.40. The molecule has 10 heteroatoms. The first kappa shape index (κ1) is 14.9. The van der Waals surface area contributed by atoms with Gasteiger partial charge < -0.3 is 15.1 Å². The van der Waals surface area contributed by atoms with Gasteiger partial charge in [0, 0.05) is 39.1 Å². The second kappa shape index (κ2) is 5.77. The molecule has 0 atom stereocenters. The molecule has 0 spiro atoms. The predicted molar refractivity (Wildman–Crippen MR) is 80.8 cm³/mol. The summed E-state index contributed by atoms with van der Waals surface area (Å²) in [5.41, 5.74) is 0.758. The zero-order valence-electron chi connectivity index (χ0n) is 13.2. The summed E-state index contributed by atoms with van der Waals surface area (Å²) in [6.45, 7) is 3.19. The Balaban J connectivity index is 1.31. The van der Waals surface area contributed by atoms with Crippen molar-refractivity contribution in [2.45, 2.75) is 25.4 Å². The Labute approximate surface area is 138 Å². The van der Waals surface area contributed by atoms with Gasteiger partial charge in [-0.05, 0) is 6.42 Å². The van der Waals surface area contributed by atoms with E-state index in [4.69, 9.17) is 0 Å². The fourth-order valence-electron chi connectivity index (χ4n) is 3.23. The molecule has 0 radical (unpaired) electrons. The maximum absolute atomic E-state index is 12.2. The van der Waals surface area contributed by atoms with Crippen LogP contribution in [0.4, 0.5) is 9.59 Å². The largest absolute Gasteiger partial charge is 0.337 e. The topological polar surface area (TPSA) is 104 Å². The summed E-state index contributed by atoms with van der Waals surface area (Å²) in [5.74, 6) is 0.161. The summed E-state index contributed by atoms with van der Waals surface area (Å²) in [6.07, 6.45) is 3.34. The zero-order chi connectivity index (χ0) is 16.7. The molecule has 3 fully saturated rings. The van der Waals surface area contributed by atoms with Gasteiger partial charge in [0.25, 0.3) is 0 Å². The van der Waals surface area contributed by atoms with Crippen molar-refractivity contribution in [1.29, 1.82) is 0 Å². The lowest BCUT2D eigenvalue weighted by Crippen LogP contribution is -2.56. The van der Waals surface area contributed by atoms with Crippen molar-refractivity contribution in [2.24, 2.45) is 0 Å². The summed E-state index contributed by atoms with van der Waals surface area (Å²) in [7, 11) is 0. The van der Waals surface area contributed by atoms with Crippen molar-refractivity contribution >= 4 is 18.0 Å². The van der Waals surface area contributed by atoms with Crippen LogP contribution in [0.5, 0.6) is 0 Å². The third-order valence-corrected chi connectivity index (χ3v) is 4.68. The molecule has 3 aliphatic heterocycles. The van der Waals surface area contributed by atoms with E-state index in [-0.39, 0.29) is 24.0 Å². The van der Waals surface area contributed by atoms with Gasteiger partial charge in [0.05, 0.1) is 18.8 Å². The highest BCUT2D eigenvalue weighted by atomic mass is 16.2. The number of urea groups is 2. The van der Waals surface area contributed by atoms with Crippen molar-refractivity contribution in [2.75, 3.05) is 32.7 Å². The molecule has 1 aromatic heterocycles. The fraction of sp³-hybridized carbons (Fsp3) is 0.643. The molecule has 1 aromatic rings. The number of nitrogens with zero attached hydrogens (tertiary/aromatic N) is 6. The third kappa shape index (κ3) is 2.57. The van der Waals surface area contributed by atoms with E-state index >= 15 is 0 Å². The Morgan fingerprint density at radius 1 is 1.29 bits per heavy atom. The van der Waals surface area contributed by atoms with Crippen LogP contribution < -0.4 is 5.32 Å². The Bertz CT molecular complexity index is 682. The summed E-state index contributed by atoms with van der Waals surface area (Å²) in [5, 5.41) is 10.8. The molecule has 0 saturated carbocycles. The number of likely N-dealkylation sites (tertiary alicyclic amines) is 2. The molecule has 0 aliphatic carbocycles. The highest BCUT2D eigenvalue weighted by molar-refractivity contribution is 5.95. The Morgan fingerprint density at radius 3 is 2.79 bits per heavy atom. The number of nitrogens with one attached hydrogen (secondary N) is 1. The monoisotopic (exact) mass is 333 g/mol. The normalized spacial score (nSPS) is 21.4. The number of rotatable bonds is 3. The van der Waals surface area contributed by atoms with Crippen LogP contribution in [0.25, 0.3) is 0 Å². The first-order chi connectivity index (χ1) is 11.6. The second-order valence-electron chi connectivity index (χ2n) is 6.33. The molecule has 3 aliphatic rings. The lowest BCUT2D eigenvalue weighted by molar-refractivity contribution is -0.128. The van der Waals surface area contributed by atoms with Crippen LogP contribution in [0, 0.1) is 0 Å². The van der Waals surface area contributed by atoms with Crippen LogP contribution >= 0.6 is 0 Å². The van der Waals surface area contributed by atoms with Gasteiger partial charge in [-0.15, -0.1) is 5.10 Å². The maximum atomic E-state index is 12.2. The minimum Gasteiger partial charge on any atom is -0.337 e. The predicted octanol–water partition coefficient (Wildman–Crippen LogP) is -0.598. The molecule has 4 rings (SSSR count). The number of carbonyl (C=O) groups is 3. The average Bonchev–Trinajstić information content (AvgIpc) is 3.22. The van der Waals surface area contributed by atoms with Gasteiger partial charge in [-0.25, -0.2) is 19.2 Å². The third-order valence-electron chi connectivity index (χ3n) is 4.68. The number of amides is 5. The maximum Gasteiger partial charge on any atom is 0.328 e. The Kier molecular flexibility index (Phi) is 3.58. The Hall–Kier alpha value is -2.65. The molecule has 5 amide bonds. The molecule has 0 aromatic carbocycles. The van der Waals surface area contributed by atoms with Crippen LogP contribution in [0.1, 0.15) is 24.6 Å². The van der Waals surface area contributed by atoms with E-state index in [0.29, 0.717) is 39.1 Å². The molecule has 128 valence electrons. The van der Waals surface area contributed by atoms with Crippen LogP contribution in [-0.2, 0) is 11.3 Å². The van der Waals surface area contributed by atoms with Crippen molar-refractivity contribution in [3.05, 3.63) is 11.9 Å². The van der Waals surface area contributed by atoms with Gasteiger partial charge in [-0.2, -0.15) is 0 Å². The number of imide groups is 1. The lowest BCUT2D eigenvalue weighted by atomic mass is 10.1. The second-order valence-corrected chi connectivity index (χ2v) is 6.33. The minimum atomic E-state index is -0.332. The van der Waals surface area contributed by atoms with Crippen molar-refractivity contribution in [3.8, 4) is 0 Å². The summed E-state index contributed by atoms with van der Waals surface area (Å²) in [4.78, 5) is 40.0. The number of aromatic nitrogens is 3. The highest BCUT2D eigenvalue weighted by Gasteiger charge is 2.38. The molecule has 1 N–H and O–H groups in total. The molecule has 24 heavy (non-hydrogen) atoms. The van der Waals surface area contributed by atoms with Gasteiger partial charge in [-0.1, -0.05) is 5.21 Å². The highest BCUT2D eigenvalue weighted by Crippen LogP contribution is 2.23. The molecule has 0 bridgehead atoms. The van der Waals surface area contributed by atoms with Crippen molar-refractivity contribution in [1.82, 2.24) is 35.0 Å². The quantitative estimate of drug-likeness (QED) is 0.796. The van der Waals surface area contributed by atoms with Gasteiger partial charge in [0.1, 0.15) is 5.69 Å². The molecule has 10 nitrogen and oxygen atoms in total. The van der Waals surface area contributed by atoms with E-state index in [1.54, 1.807) is 14.5 Å². The first-order valence-corrected chi connectivity index (χ1v) is 8.14. The number of hydrogen-bond acceptors (Lipinski definition) is 5. The van der Waals surface area contributed by atoms with E-state index in [9.17, 15) is 14.4 Å². The SMILES string of the molecule is O=C1CCCN1Cc1cn(C2CN(C(=O)N3CCNC3=O)C2)nn1. The van der Waals surface area contributed by atoms with E-state index in [2.05, 4.69) is 15.6 Å². The molecule has 4 heterocycles. The van der Waals surface area contributed by atoms with Gasteiger partial charge in [0.15, 0.2) is 0 Å². The van der Waals surface area contributed by atoms with Crippen LogP contribution in [0.3, 0.4) is 0 Å². The van der Waals surface area contributed by atoms with Crippen LogP contribution in [0.15, 0.2) is 6.20 Å². The summed E-state index contributed by atoms with van der Waals surface area (Å²) < 4.78 is 1.74. The molecule has 0 unspecified atom stereocenters. The fourth-order valence-corrected chi connectivity index (χ4v) is 3.23. The van der Waals surface area contributed by atoms with E-state index in [1.165, 1.54) is 4.90 Å². The number of carbonyl (C=O) groups excluding carboxylic acids is 3. The zero-order valence-corrected chi connectivity index (χ0v) is 13.2. The van der Waals surface area contributed by atoms with E-state index in [0.717, 1.165) is 18.7 Å². The van der Waals surface area contributed by atoms with E-state index < -0.39 is 0 Å². The summed E-state index contributed by atoms with van der Waals surface area (Å²) in [6, 6.07) is -0.527. The van der Waals surface area contributed by atoms with Crippen molar-refractivity contribution in [3.63, 3.8) is 0 Å². The molecular weight excluding hydrogens is 314 g/mol. The number of hydrogen-bond donors (Lipinski definition) is 1. The Morgan fingerprint density at radius 2 is 2.12 bits per heavy atom.